The highest BCUT2D eigenvalue weighted by atomic mass is 32.2. The first kappa shape index (κ1) is 17.9. The van der Waals surface area contributed by atoms with Crippen LogP contribution in [0.1, 0.15) is 18.2 Å². The zero-order chi connectivity index (χ0) is 18.6. The van der Waals surface area contributed by atoms with Crippen molar-refractivity contribution < 1.29 is 0 Å². The fourth-order valence-corrected chi connectivity index (χ4v) is 4.65. The molecule has 27 heavy (non-hydrogen) atoms. The first-order valence-corrected chi connectivity index (χ1v) is 10.7. The molecule has 4 nitrogen and oxygen atoms in total. The van der Waals surface area contributed by atoms with Crippen LogP contribution in [0.2, 0.25) is 0 Å². The van der Waals surface area contributed by atoms with Crippen molar-refractivity contribution in [3.8, 4) is 22.0 Å². The lowest BCUT2D eigenvalue weighted by Gasteiger charge is -2.07. The molecule has 2 heterocycles. The number of aryl methyl sites for hydroxylation is 1. The number of hydrogen-bond donors (Lipinski definition) is 0. The van der Waals surface area contributed by atoms with Gasteiger partial charge in [0.15, 0.2) is 11.0 Å². The van der Waals surface area contributed by atoms with E-state index < -0.39 is 0 Å². The molecule has 0 radical (unpaired) electrons. The Labute approximate surface area is 167 Å². The second-order valence-electron chi connectivity index (χ2n) is 6.22. The highest BCUT2D eigenvalue weighted by molar-refractivity contribution is 7.98. The van der Waals surface area contributed by atoms with E-state index in [2.05, 4.69) is 70.4 Å². The third-order valence-electron chi connectivity index (χ3n) is 4.26. The van der Waals surface area contributed by atoms with E-state index in [1.807, 2.05) is 18.2 Å². The molecule has 0 saturated heterocycles. The molecule has 0 unspecified atom stereocenters. The van der Waals surface area contributed by atoms with E-state index in [1.54, 1.807) is 23.1 Å². The Morgan fingerprint density at radius 3 is 2.48 bits per heavy atom. The van der Waals surface area contributed by atoms with E-state index in [0.29, 0.717) is 0 Å². The topological polar surface area (TPSA) is 43.6 Å². The van der Waals surface area contributed by atoms with E-state index in [1.165, 1.54) is 5.56 Å². The van der Waals surface area contributed by atoms with Gasteiger partial charge in [0.25, 0.3) is 0 Å². The first-order chi connectivity index (χ1) is 13.2. The summed E-state index contributed by atoms with van der Waals surface area (Å²) >= 11 is 3.37. The summed E-state index contributed by atoms with van der Waals surface area (Å²) in [5.74, 6) is 1.71. The van der Waals surface area contributed by atoms with Crippen LogP contribution < -0.4 is 0 Å². The Kier molecular flexibility index (Phi) is 5.36. The summed E-state index contributed by atoms with van der Waals surface area (Å²) in [6.07, 6.45) is 0. The van der Waals surface area contributed by atoms with Crippen LogP contribution in [-0.4, -0.2) is 19.7 Å². The summed E-state index contributed by atoms with van der Waals surface area (Å²) in [6.45, 7) is 5.06. The Bertz CT molecular complexity index is 1020. The second kappa shape index (κ2) is 8.06. The average molecular weight is 393 g/mol. The predicted octanol–water partition coefficient (Wildman–Crippen LogP) is 5.69. The predicted molar refractivity (Wildman–Crippen MR) is 113 cm³/mol. The zero-order valence-corrected chi connectivity index (χ0v) is 16.9. The standard InChI is InChI=1S/C21H20N4S2/c1-3-25-19(16-11-9-15(2)10-12-16)23-24-21(25)27-14-18-13-26-20(22-18)17-7-5-4-6-8-17/h4-13H,3,14H2,1-2H3. The molecule has 0 amide bonds. The van der Waals surface area contributed by atoms with E-state index in [-0.39, 0.29) is 0 Å². The summed E-state index contributed by atoms with van der Waals surface area (Å²) in [4.78, 5) is 4.77. The van der Waals surface area contributed by atoms with Gasteiger partial charge in [-0.2, -0.15) is 0 Å². The third kappa shape index (κ3) is 3.96. The molecule has 0 N–H and O–H groups in total. The van der Waals surface area contributed by atoms with Gasteiger partial charge in [-0.25, -0.2) is 4.98 Å². The highest BCUT2D eigenvalue weighted by Gasteiger charge is 2.14. The maximum Gasteiger partial charge on any atom is 0.191 e. The van der Waals surface area contributed by atoms with Crippen molar-refractivity contribution in [2.75, 3.05) is 0 Å². The Balaban J connectivity index is 1.50. The lowest BCUT2D eigenvalue weighted by atomic mass is 10.1. The Hall–Kier alpha value is -2.44. The molecule has 4 rings (SSSR count). The second-order valence-corrected chi connectivity index (χ2v) is 8.02. The van der Waals surface area contributed by atoms with Gasteiger partial charge >= 0.3 is 0 Å². The van der Waals surface area contributed by atoms with Gasteiger partial charge in [-0.15, -0.1) is 21.5 Å². The highest BCUT2D eigenvalue weighted by Crippen LogP contribution is 2.29. The molecule has 0 aliphatic rings. The van der Waals surface area contributed by atoms with Crippen molar-refractivity contribution in [2.45, 2.75) is 31.3 Å². The fraction of sp³-hybridized carbons (Fsp3) is 0.190. The largest absolute Gasteiger partial charge is 0.302 e. The van der Waals surface area contributed by atoms with Crippen molar-refractivity contribution in [2.24, 2.45) is 0 Å². The van der Waals surface area contributed by atoms with Crippen LogP contribution in [0.15, 0.2) is 65.1 Å². The smallest absolute Gasteiger partial charge is 0.191 e. The van der Waals surface area contributed by atoms with Crippen LogP contribution in [0, 0.1) is 6.92 Å². The molecule has 2 aromatic heterocycles. The summed E-state index contributed by atoms with van der Waals surface area (Å²) in [7, 11) is 0. The van der Waals surface area contributed by atoms with Gasteiger partial charge in [-0.05, 0) is 13.8 Å². The lowest BCUT2D eigenvalue weighted by Crippen LogP contribution is -2.00. The van der Waals surface area contributed by atoms with E-state index in [0.717, 1.165) is 45.1 Å². The molecular formula is C21H20N4S2. The van der Waals surface area contributed by atoms with Crippen LogP contribution in [0.5, 0.6) is 0 Å². The molecule has 6 heteroatoms. The molecule has 0 fully saturated rings. The van der Waals surface area contributed by atoms with Crippen LogP contribution in [0.25, 0.3) is 22.0 Å². The number of thiazole rings is 1. The SMILES string of the molecule is CCn1c(SCc2csc(-c3ccccc3)n2)nnc1-c1ccc(C)cc1. The maximum absolute atomic E-state index is 4.77. The third-order valence-corrected chi connectivity index (χ3v) is 6.20. The summed E-state index contributed by atoms with van der Waals surface area (Å²) in [5, 5.41) is 13.0. The Morgan fingerprint density at radius 1 is 0.963 bits per heavy atom. The van der Waals surface area contributed by atoms with E-state index in [9.17, 15) is 0 Å². The van der Waals surface area contributed by atoms with Crippen LogP contribution in [0.4, 0.5) is 0 Å². The molecule has 0 atom stereocenters. The van der Waals surface area contributed by atoms with Crippen molar-refractivity contribution in [1.82, 2.24) is 19.7 Å². The molecule has 4 aromatic rings. The maximum atomic E-state index is 4.77. The molecule has 0 saturated carbocycles. The number of nitrogens with zero attached hydrogens (tertiary/aromatic N) is 4. The van der Waals surface area contributed by atoms with E-state index in [4.69, 9.17) is 4.98 Å². The van der Waals surface area contributed by atoms with Gasteiger partial charge in [0.2, 0.25) is 0 Å². The molecule has 2 aromatic carbocycles. The normalized spacial score (nSPS) is 11.0. The first-order valence-electron chi connectivity index (χ1n) is 8.87. The summed E-state index contributed by atoms with van der Waals surface area (Å²) in [5.41, 5.74) is 4.58. The molecule has 0 spiro atoms. The molecule has 0 aliphatic carbocycles. The zero-order valence-electron chi connectivity index (χ0n) is 15.3. The Morgan fingerprint density at radius 2 is 1.74 bits per heavy atom. The molecule has 136 valence electrons. The summed E-state index contributed by atoms with van der Waals surface area (Å²) < 4.78 is 2.17. The molecule has 0 aliphatic heterocycles. The fourth-order valence-electron chi connectivity index (χ4n) is 2.82. The average Bonchev–Trinajstić information content (AvgIpc) is 3.34. The minimum atomic E-state index is 0.787. The van der Waals surface area contributed by atoms with Crippen LogP contribution >= 0.6 is 23.1 Å². The van der Waals surface area contributed by atoms with Gasteiger partial charge in [-0.3, -0.25) is 0 Å². The number of thioether (sulfide) groups is 1. The van der Waals surface area contributed by atoms with E-state index >= 15 is 0 Å². The van der Waals surface area contributed by atoms with Gasteiger partial charge in [0.1, 0.15) is 5.01 Å². The lowest BCUT2D eigenvalue weighted by molar-refractivity contribution is 0.687. The van der Waals surface area contributed by atoms with Gasteiger partial charge in [-0.1, -0.05) is 71.9 Å². The van der Waals surface area contributed by atoms with Crippen molar-refractivity contribution in [3.05, 3.63) is 71.2 Å². The van der Waals surface area contributed by atoms with Crippen molar-refractivity contribution in [1.29, 1.82) is 0 Å². The monoisotopic (exact) mass is 392 g/mol. The van der Waals surface area contributed by atoms with Gasteiger partial charge in [0.05, 0.1) is 5.69 Å². The number of hydrogen-bond acceptors (Lipinski definition) is 5. The van der Waals surface area contributed by atoms with Gasteiger partial charge < -0.3 is 4.57 Å². The minimum absolute atomic E-state index is 0.787. The van der Waals surface area contributed by atoms with Crippen molar-refractivity contribution >= 4 is 23.1 Å². The minimum Gasteiger partial charge on any atom is -0.302 e. The number of rotatable bonds is 6. The summed E-state index contributed by atoms with van der Waals surface area (Å²) in [6, 6.07) is 18.7. The molecular weight excluding hydrogens is 372 g/mol. The molecule has 0 bridgehead atoms. The van der Waals surface area contributed by atoms with Crippen LogP contribution in [-0.2, 0) is 12.3 Å². The number of benzene rings is 2. The van der Waals surface area contributed by atoms with Gasteiger partial charge in [0, 0.05) is 28.8 Å². The quantitative estimate of drug-likeness (QED) is 0.395. The number of aromatic nitrogens is 4. The van der Waals surface area contributed by atoms with Crippen LogP contribution in [0.3, 0.4) is 0 Å². The van der Waals surface area contributed by atoms with Crippen molar-refractivity contribution in [3.63, 3.8) is 0 Å².